The zero-order chi connectivity index (χ0) is 21.2. The number of nitrogens with one attached hydrogen (secondary N) is 1. The molecule has 6 nitrogen and oxygen atoms in total. The Morgan fingerprint density at radius 2 is 1.79 bits per heavy atom. The van der Waals surface area contributed by atoms with Gasteiger partial charge in [-0.15, -0.1) is 0 Å². The van der Waals surface area contributed by atoms with Crippen LogP contribution in [0.25, 0.3) is 11.1 Å². The van der Waals surface area contributed by atoms with Crippen molar-refractivity contribution in [3.05, 3.63) is 48.0 Å². The van der Waals surface area contributed by atoms with Gasteiger partial charge < -0.3 is 10.1 Å². The van der Waals surface area contributed by atoms with Crippen molar-refractivity contribution in [1.82, 2.24) is 5.32 Å². The molecule has 0 saturated heterocycles. The van der Waals surface area contributed by atoms with Gasteiger partial charge in [0.25, 0.3) is 5.91 Å². The van der Waals surface area contributed by atoms with Gasteiger partial charge in [-0.1, -0.05) is 32.0 Å². The van der Waals surface area contributed by atoms with E-state index in [4.69, 9.17) is 4.74 Å². The first-order valence-electron chi connectivity index (χ1n) is 9.61. The number of ketones is 1. The fourth-order valence-corrected chi connectivity index (χ4v) is 3.84. The third-order valence-corrected chi connectivity index (χ3v) is 6.32. The highest BCUT2D eigenvalue weighted by Gasteiger charge is 2.26. The third kappa shape index (κ3) is 4.85. The van der Waals surface area contributed by atoms with E-state index in [1.165, 1.54) is 6.26 Å². The van der Waals surface area contributed by atoms with Gasteiger partial charge in [0, 0.05) is 18.6 Å². The molecule has 2 aromatic rings. The van der Waals surface area contributed by atoms with E-state index in [0.717, 1.165) is 22.4 Å². The highest BCUT2D eigenvalue weighted by molar-refractivity contribution is 7.90. The van der Waals surface area contributed by atoms with Crippen molar-refractivity contribution < 1.29 is 22.7 Å². The van der Waals surface area contributed by atoms with Crippen molar-refractivity contribution in [3.63, 3.8) is 0 Å². The summed E-state index contributed by atoms with van der Waals surface area (Å²) in [7, 11) is -3.22. The van der Waals surface area contributed by atoms with Gasteiger partial charge in [0.15, 0.2) is 9.84 Å². The smallest absolute Gasteiger partial charge is 0.287 e. The Morgan fingerprint density at radius 3 is 2.41 bits per heavy atom. The van der Waals surface area contributed by atoms with Crippen LogP contribution in [0.1, 0.15) is 25.8 Å². The van der Waals surface area contributed by atoms with Crippen molar-refractivity contribution >= 4 is 21.5 Å². The van der Waals surface area contributed by atoms with Crippen LogP contribution < -0.4 is 10.1 Å². The van der Waals surface area contributed by atoms with Gasteiger partial charge in [-0.2, -0.15) is 0 Å². The fraction of sp³-hybridized carbons (Fsp3) is 0.364. The van der Waals surface area contributed by atoms with Gasteiger partial charge in [0.1, 0.15) is 11.9 Å². The molecule has 0 spiro atoms. The molecular weight excluding hydrogens is 390 g/mol. The first-order valence-corrected chi connectivity index (χ1v) is 11.5. The lowest BCUT2D eigenvalue weighted by atomic mass is 10.0. The van der Waals surface area contributed by atoms with Crippen LogP contribution in [0.15, 0.2) is 47.4 Å². The van der Waals surface area contributed by atoms with Crippen LogP contribution in [0.2, 0.25) is 0 Å². The zero-order valence-corrected chi connectivity index (χ0v) is 17.6. The predicted octanol–water partition coefficient (Wildman–Crippen LogP) is 2.79. The Hall–Kier alpha value is -2.67. The van der Waals surface area contributed by atoms with Crippen molar-refractivity contribution in [3.8, 4) is 16.9 Å². The SMILES string of the molecule is CC[C@H](C)C(=O)C(=O)NC[C@H]1Cc2cc(-c3ccc(S(C)(=O)=O)cc3)ccc2O1. The molecular formula is C22H25NO5S. The maximum Gasteiger partial charge on any atom is 0.287 e. The topological polar surface area (TPSA) is 89.5 Å². The molecule has 154 valence electrons. The van der Waals surface area contributed by atoms with Gasteiger partial charge in [-0.25, -0.2) is 8.42 Å². The van der Waals surface area contributed by atoms with E-state index in [0.29, 0.717) is 12.8 Å². The standard InChI is InChI=1S/C22H25NO5S/c1-4-14(2)21(24)22(25)23-13-18-12-17-11-16(7-10-20(17)28-18)15-5-8-19(9-6-15)29(3,26)27/h5-11,14,18H,4,12-13H2,1-3H3,(H,23,25)/t14-,18+/m0/s1. The number of ether oxygens (including phenoxy) is 1. The molecule has 0 bridgehead atoms. The molecule has 0 saturated carbocycles. The van der Waals surface area contributed by atoms with E-state index in [2.05, 4.69) is 5.32 Å². The van der Waals surface area contributed by atoms with Crippen LogP contribution in [0.4, 0.5) is 0 Å². The molecule has 2 atom stereocenters. The van der Waals surface area contributed by atoms with Crippen LogP contribution in [-0.2, 0) is 25.8 Å². The summed E-state index contributed by atoms with van der Waals surface area (Å²) in [5, 5.41) is 2.67. The lowest BCUT2D eigenvalue weighted by Crippen LogP contribution is -2.40. The second-order valence-electron chi connectivity index (χ2n) is 7.45. The molecule has 1 heterocycles. The van der Waals surface area contributed by atoms with Crippen LogP contribution in [0, 0.1) is 5.92 Å². The third-order valence-electron chi connectivity index (χ3n) is 5.19. The summed E-state index contributed by atoms with van der Waals surface area (Å²) in [6.07, 6.45) is 2.22. The normalized spacial score (nSPS) is 16.6. The number of carbonyl (C=O) groups excluding carboxylic acids is 2. The highest BCUT2D eigenvalue weighted by atomic mass is 32.2. The molecule has 7 heteroatoms. The van der Waals surface area contributed by atoms with E-state index in [-0.39, 0.29) is 23.5 Å². The zero-order valence-electron chi connectivity index (χ0n) is 16.8. The largest absolute Gasteiger partial charge is 0.488 e. The molecule has 1 amide bonds. The molecule has 0 unspecified atom stereocenters. The molecule has 0 fully saturated rings. The maximum atomic E-state index is 12.0. The molecule has 1 aliphatic heterocycles. The van der Waals surface area contributed by atoms with Crippen molar-refractivity contribution in [2.24, 2.45) is 5.92 Å². The minimum absolute atomic E-state index is 0.221. The van der Waals surface area contributed by atoms with Crippen LogP contribution in [0.5, 0.6) is 5.75 Å². The van der Waals surface area contributed by atoms with E-state index >= 15 is 0 Å². The minimum atomic E-state index is -3.22. The van der Waals surface area contributed by atoms with Crippen LogP contribution in [-0.4, -0.2) is 39.0 Å². The van der Waals surface area contributed by atoms with Gasteiger partial charge >= 0.3 is 0 Å². The number of rotatable bonds is 7. The molecule has 1 N–H and O–H groups in total. The van der Waals surface area contributed by atoms with Crippen LogP contribution in [0.3, 0.4) is 0 Å². The van der Waals surface area contributed by atoms with Crippen molar-refractivity contribution in [2.75, 3.05) is 12.8 Å². The number of Topliss-reactive ketones (excluding diaryl/α,β-unsaturated/α-hetero) is 1. The average Bonchev–Trinajstić information content (AvgIpc) is 3.12. The number of amides is 1. The lowest BCUT2D eigenvalue weighted by Gasteiger charge is -2.12. The van der Waals surface area contributed by atoms with Gasteiger partial charge in [-0.3, -0.25) is 9.59 Å². The van der Waals surface area contributed by atoms with Gasteiger partial charge in [0.05, 0.1) is 11.4 Å². The summed E-state index contributed by atoms with van der Waals surface area (Å²) >= 11 is 0. The lowest BCUT2D eigenvalue weighted by molar-refractivity contribution is -0.140. The number of fused-ring (bicyclic) bond motifs is 1. The quantitative estimate of drug-likeness (QED) is 0.703. The molecule has 3 rings (SSSR count). The molecule has 1 aliphatic rings. The summed E-state index contributed by atoms with van der Waals surface area (Å²) in [5.41, 5.74) is 2.89. The first kappa shape index (κ1) is 21.0. The summed E-state index contributed by atoms with van der Waals surface area (Å²) < 4.78 is 29.1. The van der Waals surface area contributed by atoms with E-state index in [9.17, 15) is 18.0 Å². The molecule has 2 aromatic carbocycles. The summed E-state index contributed by atoms with van der Waals surface area (Å²) in [6, 6.07) is 12.6. The van der Waals surface area contributed by atoms with Crippen molar-refractivity contribution in [2.45, 2.75) is 37.7 Å². The summed E-state index contributed by atoms with van der Waals surface area (Å²) in [4.78, 5) is 24.1. The second kappa shape index (κ2) is 8.37. The Morgan fingerprint density at radius 1 is 1.14 bits per heavy atom. The van der Waals surface area contributed by atoms with Gasteiger partial charge in [0.2, 0.25) is 5.78 Å². The second-order valence-corrected chi connectivity index (χ2v) is 9.46. The molecule has 29 heavy (non-hydrogen) atoms. The van der Waals surface area contributed by atoms with E-state index in [1.807, 2.05) is 25.1 Å². The van der Waals surface area contributed by atoms with Crippen LogP contribution >= 0.6 is 0 Å². The average molecular weight is 416 g/mol. The Bertz CT molecular complexity index is 1030. The Labute approximate surface area is 171 Å². The molecule has 0 aliphatic carbocycles. The number of hydrogen-bond acceptors (Lipinski definition) is 5. The predicted molar refractivity (Wildman–Crippen MR) is 111 cm³/mol. The minimum Gasteiger partial charge on any atom is -0.488 e. The van der Waals surface area contributed by atoms with E-state index < -0.39 is 21.5 Å². The van der Waals surface area contributed by atoms with Crippen molar-refractivity contribution in [1.29, 1.82) is 0 Å². The number of carbonyl (C=O) groups is 2. The number of hydrogen-bond donors (Lipinski definition) is 1. The first-order chi connectivity index (χ1) is 13.7. The molecule has 0 aromatic heterocycles. The monoisotopic (exact) mass is 415 g/mol. The summed E-state index contributed by atoms with van der Waals surface area (Å²) in [5.74, 6) is -0.490. The Balaban J connectivity index is 1.65. The number of benzene rings is 2. The highest BCUT2D eigenvalue weighted by Crippen LogP contribution is 2.33. The maximum absolute atomic E-state index is 12.0. The summed E-state index contributed by atoms with van der Waals surface area (Å²) in [6.45, 7) is 3.89. The van der Waals surface area contributed by atoms with E-state index in [1.54, 1.807) is 31.2 Å². The van der Waals surface area contributed by atoms with Gasteiger partial charge in [-0.05, 0) is 47.4 Å². The Kier molecular flexibility index (Phi) is 6.07. The molecule has 0 radical (unpaired) electrons. The fourth-order valence-electron chi connectivity index (χ4n) is 3.21. The number of sulfone groups is 1.